The normalized spacial score (nSPS) is 9.74. The molecule has 0 atom stereocenters. The fraction of sp³-hybridized carbons (Fsp3) is 0. The van der Waals surface area contributed by atoms with Crippen molar-refractivity contribution in [1.29, 1.82) is 5.26 Å². The predicted molar refractivity (Wildman–Crippen MR) is 78.3 cm³/mol. The van der Waals surface area contributed by atoms with Gasteiger partial charge < -0.3 is 5.32 Å². The van der Waals surface area contributed by atoms with Gasteiger partial charge in [-0.25, -0.2) is 0 Å². The van der Waals surface area contributed by atoms with Crippen molar-refractivity contribution in [2.45, 2.75) is 0 Å². The summed E-state index contributed by atoms with van der Waals surface area (Å²) in [6, 6.07) is 13.8. The number of hydrogen-bond acceptors (Lipinski definition) is 2. The Morgan fingerprint density at radius 2 is 2.00 bits per heavy atom. The summed E-state index contributed by atoms with van der Waals surface area (Å²) < 4.78 is 0.706. The summed E-state index contributed by atoms with van der Waals surface area (Å²) in [6.07, 6.45) is 0. The number of nitrogens with zero attached hydrogens (tertiary/aromatic N) is 1. The Bertz CT molecular complexity index is 679. The van der Waals surface area contributed by atoms with E-state index in [-0.39, 0.29) is 5.91 Å². The number of amides is 1. The van der Waals surface area contributed by atoms with Gasteiger partial charge in [0.2, 0.25) is 0 Å². The Labute approximate surface area is 123 Å². The van der Waals surface area contributed by atoms with Crippen LogP contribution >= 0.6 is 27.5 Å². The molecule has 5 heteroatoms. The van der Waals surface area contributed by atoms with Crippen molar-refractivity contribution in [1.82, 2.24) is 0 Å². The number of hydrogen-bond donors (Lipinski definition) is 1. The fourth-order valence-corrected chi connectivity index (χ4v) is 2.21. The van der Waals surface area contributed by atoms with E-state index >= 15 is 0 Å². The minimum absolute atomic E-state index is 0.265. The van der Waals surface area contributed by atoms with E-state index in [0.717, 1.165) is 0 Å². The van der Waals surface area contributed by atoms with Crippen LogP contribution in [-0.4, -0.2) is 5.91 Å². The number of carbonyl (C=O) groups is 1. The zero-order valence-corrected chi connectivity index (χ0v) is 12.0. The lowest BCUT2D eigenvalue weighted by Crippen LogP contribution is -2.12. The molecule has 0 aliphatic rings. The van der Waals surface area contributed by atoms with Crippen molar-refractivity contribution in [3.63, 3.8) is 0 Å². The van der Waals surface area contributed by atoms with E-state index in [9.17, 15) is 4.79 Å². The number of nitriles is 1. The summed E-state index contributed by atoms with van der Waals surface area (Å²) in [5, 5.41) is 11.8. The van der Waals surface area contributed by atoms with Crippen LogP contribution in [0.2, 0.25) is 5.02 Å². The van der Waals surface area contributed by atoms with Crippen LogP contribution in [0.1, 0.15) is 15.9 Å². The van der Waals surface area contributed by atoms with Crippen LogP contribution in [0.5, 0.6) is 0 Å². The van der Waals surface area contributed by atoms with Crippen LogP contribution in [0.25, 0.3) is 0 Å². The molecule has 2 aromatic carbocycles. The number of halogens is 2. The van der Waals surface area contributed by atoms with Crippen LogP contribution in [-0.2, 0) is 0 Å². The first kappa shape index (κ1) is 13.6. The molecule has 0 unspecified atom stereocenters. The molecular weight excluding hydrogens is 328 g/mol. The average molecular weight is 336 g/mol. The zero-order chi connectivity index (χ0) is 13.8. The molecule has 19 heavy (non-hydrogen) atoms. The summed E-state index contributed by atoms with van der Waals surface area (Å²) in [5.74, 6) is -0.265. The smallest absolute Gasteiger partial charge is 0.256 e. The molecule has 2 aromatic rings. The molecule has 1 amide bonds. The second-order valence-electron chi connectivity index (χ2n) is 3.74. The maximum absolute atomic E-state index is 12.1. The largest absolute Gasteiger partial charge is 0.321 e. The number of carbonyl (C=O) groups excluding carboxylic acids is 1. The molecule has 0 saturated carbocycles. The number of benzene rings is 2. The van der Waals surface area contributed by atoms with Gasteiger partial charge >= 0.3 is 0 Å². The quantitative estimate of drug-likeness (QED) is 0.893. The van der Waals surface area contributed by atoms with Gasteiger partial charge in [0.25, 0.3) is 5.91 Å². The highest BCUT2D eigenvalue weighted by Crippen LogP contribution is 2.24. The average Bonchev–Trinajstić information content (AvgIpc) is 2.41. The van der Waals surface area contributed by atoms with Gasteiger partial charge in [-0.1, -0.05) is 23.7 Å². The van der Waals surface area contributed by atoms with E-state index in [1.165, 1.54) is 6.07 Å². The topological polar surface area (TPSA) is 52.9 Å². The highest BCUT2D eigenvalue weighted by atomic mass is 79.9. The van der Waals surface area contributed by atoms with Gasteiger partial charge in [-0.15, -0.1) is 0 Å². The molecule has 0 saturated heterocycles. The molecule has 0 heterocycles. The fourth-order valence-electron chi connectivity index (χ4n) is 1.52. The molecule has 0 aliphatic heterocycles. The molecule has 0 radical (unpaired) electrons. The number of anilines is 1. The molecule has 3 nitrogen and oxygen atoms in total. The summed E-state index contributed by atoms with van der Waals surface area (Å²) in [4.78, 5) is 12.1. The highest BCUT2D eigenvalue weighted by molar-refractivity contribution is 9.10. The predicted octanol–water partition coefficient (Wildman–Crippen LogP) is 4.23. The van der Waals surface area contributed by atoms with Gasteiger partial charge in [0.15, 0.2) is 0 Å². The van der Waals surface area contributed by atoms with Gasteiger partial charge in [-0.05, 0) is 46.3 Å². The van der Waals surface area contributed by atoms with Gasteiger partial charge in [0.1, 0.15) is 0 Å². The van der Waals surface area contributed by atoms with E-state index in [4.69, 9.17) is 16.9 Å². The van der Waals surface area contributed by atoms with Gasteiger partial charge in [-0.2, -0.15) is 5.26 Å². The molecule has 0 spiro atoms. The monoisotopic (exact) mass is 334 g/mol. The summed E-state index contributed by atoms with van der Waals surface area (Å²) in [5.41, 5.74) is 1.44. The van der Waals surface area contributed by atoms with E-state index in [0.29, 0.717) is 26.3 Å². The second-order valence-corrected chi connectivity index (χ2v) is 5.00. The van der Waals surface area contributed by atoms with E-state index < -0.39 is 0 Å². The van der Waals surface area contributed by atoms with Crippen molar-refractivity contribution < 1.29 is 4.79 Å². The lowest BCUT2D eigenvalue weighted by molar-refractivity contribution is 0.102. The van der Waals surface area contributed by atoms with Crippen LogP contribution < -0.4 is 5.32 Å². The number of rotatable bonds is 2. The Hall–Kier alpha value is -1.83. The molecule has 0 aromatic heterocycles. The van der Waals surface area contributed by atoms with Crippen molar-refractivity contribution in [3.8, 4) is 6.07 Å². The molecule has 94 valence electrons. The Morgan fingerprint density at radius 3 is 2.63 bits per heavy atom. The third kappa shape index (κ3) is 3.14. The van der Waals surface area contributed by atoms with Crippen molar-refractivity contribution in [2.75, 3.05) is 5.32 Å². The van der Waals surface area contributed by atoms with Gasteiger partial charge in [0, 0.05) is 4.47 Å². The summed E-state index contributed by atoms with van der Waals surface area (Å²) in [7, 11) is 0. The van der Waals surface area contributed by atoms with E-state index in [2.05, 4.69) is 21.2 Å². The molecular formula is C14H8BrClN2O. The number of nitrogens with one attached hydrogen (secondary N) is 1. The maximum Gasteiger partial charge on any atom is 0.256 e. The summed E-state index contributed by atoms with van der Waals surface area (Å²) >= 11 is 9.32. The van der Waals surface area contributed by atoms with Gasteiger partial charge in [-0.3, -0.25) is 4.79 Å². The Morgan fingerprint density at radius 1 is 1.26 bits per heavy atom. The lowest BCUT2D eigenvalue weighted by atomic mass is 10.2. The van der Waals surface area contributed by atoms with Gasteiger partial charge in [0.05, 0.1) is 27.9 Å². The van der Waals surface area contributed by atoms with E-state index in [1.807, 2.05) is 12.1 Å². The van der Waals surface area contributed by atoms with E-state index in [1.54, 1.807) is 30.3 Å². The Balaban J connectivity index is 2.25. The molecule has 1 N–H and O–H groups in total. The third-order valence-electron chi connectivity index (χ3n) is 2.46. The maximum atomic E-state index is 12.1. The minimum atomic E-state index is -0.265. The highest BCUT2D eigenvalue weighted by Gasteiger charge is 2.11. The molecule has 0 fully saturated rings. The standard InChI is InChI=1S/C14H8BrClN2O/c15-11-4-2-1-3-10(11)14(19)18-13-6-5-9(8-17)7-12(13)16/h1-7H,(H,18,19). The van der Waals surface area contributed by atoms with Crippen LogP contribution in [0.3, 0.4) is 0 Å². The van der Waals surface area contributed by atoms with Crippen LogP contribution in [0, 0.1) is 11.3 Å². The van der Waals surface area contributed by atoms with Crippen molar-refractivity contribution in [3.05, 3.63) is 63.1 Å². The minimum Gasteiger partial charge on any atom is -0.321 e. The second kappa shape index (κ2) is 5.87. The third-order valence-corrected chi connectivity index (χ3v) is 3.47. The first-order valence-corrected chi connectivity index (χ1v) is 6.54. The van der Waals surface area contributed by atoms with Crippen LogP contribution in [0.15, 0.2) is 46.9 Å². The molecule has 0 bridgehead atoms. The summed E-state index contributed by atoms with van der Waals surface area (Å²) in [6.45, 7) is 0. The first-order valence-electron chi connectivity index (χ1n) is 5.37. The Kier molecular flexibility index (Phi) is 4.20. The molecule has 2 rings (SSSR count). The molecule has 0 aliphatic carbocycles. The van der Waals surface area contributed by atoms with Crippen molar-refractivity contribution >= 4 is 39.1 Å². The zero-order valence-electron chi connectivity index (χ0n) is 9.65. The SMILES string of the molecule is N#Cc1ccc(NC(=O)c2ccccc2Br)c(Cl)c1. The van der Waals surface area contributed by atoms with Crippen molar-refractivity contribution in [2.24, 2.45) is 0 Å². The lowest BCUT2D eigenvalue weighted by Gasteiger charge is -2.08. The first-order chi connectivity index (χ1) is 9.11. The van der Waals surface area contributed by atoms with Crippen LogP contribution in [0.4, 0.5) is 5.69 Å².